The summed E-state index contributed by atoms with van der Waals surface area (Å²) in [7, 11) is -2.08. The Hall–Kier alpha value is -1.11. The molecule has 1 aromatic rings. The zero-order valence-corrected chi connectivity index (χ0v) is 12.5. The molecule has 19 heavy (non-hydrogen) atoms. The van der Waals surface area contributed by atoms with Crippen LogP contribution >= 0.6 is 0 Å². The summed E-state index contributed by atoms with van der Waals surface area (Å²) < 4.78 is 32.2. The molecule has 1 rings (SSSR count). The van der Waals surface area contributed by atoms with E-state index in [1.54, 1.807) is 33.1 Å². The minimum Gasteiger partial charge on any atom is -0.496 e. The topological polar surface area (TPSA) is 75.6 Å². The highest BCUT2D eigenvalue weighted by molar-refractivity contribution is 7.89. The van der Waals surface area contributed by atoms with Crippen LogP contribution in [-0.2, 0) is 10.0 Å². The summed E-state index contributed by atoms with van der Waals surface area (Å²) in [5.74, 6) is 0.658. The lowest BCUT2D eigenvalue weighted by Crippen LogP contribution is -2.37. The van der Waals surface area contributed by atoms with E-state index in [1.807, 2.05) is 6.92 Å². The van der Waals surface area contributed by atoms with Crippen molar-refractivity contribution in [3.05, 3.63) is 23.3 Å². The summed E-state index contributed by atoms with van der Waals surface area (Å²) in [6.07, 6.45) is 0.532. The number of nitrogens with one attached hydrogen (secondary N) is 1. The summed E-state index contributed by atoms with van der Waals surface area (Å²) in [6.45, 7) is 5.11. The van der Waals surface area contributed by atoms with Crippen LogP contribution < -0.4 is 9.46 Å². The van der Waals surface area contributed by atoms with E-state index >= 15 is 0 Å². The van der Waals surface area contributed by atoms with E-state index in [4.69, 9.17) is 9.84 Å². The van der Waals surface area contributed by atoms with E-state index in [-0.39, 0.29) is 11.5 Å². The molecule has 2 N–H and O–H groups in total. The molecule has 1 atom stereocenters. The molecule has 1 aromatic carbocycles. The van der Waals surface area contributed by atoms with Crippen LogP contribution in [0.3, 0.4) is 0 Å². The molecule has 108 valence electrons. The minimum absolute atomic E-state index is 0.218. The molecular formula is C13H21NO4S. The largest absolute Gasteiger partial charge is 0.496 e. The molecule has 0 saturated carbocycles. The van der Waals surface area contributed by atoms with E-state index in [1.165, 1.54) is 0 Å². The molecule has 5 nitrogen and oxygen atoms in total. The van der Waals surface area contributed by atoms with Crippen LogP contribution in [0.2, 0.25) is 0 Å². The molecule has 0 heterocycles. The van der Waals surface area contributed by atoms with Crippen molar-refractivity contribution in [1.29, 1.82) is 0 Å². The van der Waals surface area contributed by atoms with Gasteiger partial charge in [0.05, 0.1) is 18.6 Å². The molecule has 1 unspecified atom stereocenters. The second-order valence-electron chi connectivity index (χ2n) is 4.50. The highest BCUT2D eigenvalue weighted by Crippen LogP contribution is 2.25. The predicted molar refractivity (Wildman–Crippen MR) is 74.0 cm³/mol. The fourth-order valence-electron chi connectivity index (χ4n) is 1.81. The van der Waals surface area contributed by atoms with Crippen LogP contribution in [0.25, 0.3) is 0 Å². The van der Waals surface area contributed by atoms with Crippen LogP contribution in [-0.4, -0.2) is 33.3 Å². The smallest absolute Gasteiger partial charge is 0.241 e. The molecule has 0 bridgehead atoms. The molecule has 0 radical (unpaired) electrons. The summed E-state index contributed by atoms with van der Waals surface area (Å²) in [4.78, 5) is 0.220. The Labute approximate surface area is 114 Å². The van der Waals surface area contributed by atoms with Crippen LogP contribution in [0.15, 0.2) is 17.0 Å². The molecule has 0 aliphatic rings. The quantitative estimate of drug-likeness (QED) is 0.828. The molecule has 0 fully saturated rings. The number of aliphatic hydroxyl groups excluding tert-OH is 1. The number of hydrogen-bond donors (Lipinski definition) is 2. The third-order valence-corrected chi connectivity index (χ3v) is 4.68. The van der Waals surface area contributed by atoms with Crippen molar-refractivity contribution >= 4 is 10.0 Å². The Kier molecular flexibility index (Phi) is 5.34. The van der Waals surface area contributed by atoms with Crippen molar-refractivity contribution in [2.45, 2.75) is 38.1 Å². The first kappa shape index (κ1) is 15.9. The van der Waals surface area contributed by atoms with Crippen LogP contribution in [0.4, 0.5) is 0 Å². The number of rotatable bonds is 6. The average molecular weight is 287 g/mol. The van der Waals surface area contributed by atoms with E-state index in [2.05, 4.69) is 4.72 Å². The molecule has 0 aliphatic carbocycles. The number of aliphatic hydroxyl groups is 1. The second kappa shape index (κ2) is 6.36. The van der Waals surface area contributed by atoms with Gasteiger partial charge in [0.2, 0.25) is 10.0 Å². The van der Waals surface area contributed by atoms with Gasteiger partial charge in [-0.3, -0.25) is 0 Å². The Bertz CT molecular complexity index is 536. The van der Waals surface area contributed by atoms with E-state index in [0.29, 0.717) is 17.7 Å². The first-order chi connectivity index (χ1) is 8.85. The lowest BCUT2D eigenvalue weighted by molar-refractivity contribution is 0.254. The van der Waals surface area contributed by atoms with Crippen molar-refractivity contribution in [2.75, 3.05) is 13.7 Å². The Morgan fingerprint density at radius 3 is 2.42 bits per heavy atom. The maximum absolute atomic E-state index is 12.3. The fraction of sp³-hybridized carbons (Fsp3) is 0.538. The van der Waals surface area contributed by atoms with Crippen molar-refractivity contribution in [1.82, 2.24) is 4.72 Å². The van der Waals surface area contributed by atoms with E-state index in [0.717, 1.165) is 5.56 Å². The van der Waals surface area contributed by atoms with Crippen molar-refractivity contribution < 1.29 is 18.3 Å². The van der Waals surface area contributed by atoms with Gasteiger partial charge in [-0.1, -0.05) is 6.92 Å². The summed E-state index contributed by atoms with van der Waals surface area (Å²) in [5.41, 5.74) is 1.37. The molecule has 0 saturated heterocycles. The molecular weight excluding hydrogens is 266 g/mol. The average Bonchev–Trinajstić information content (AvgIpc) is 2.37. The first-order valence-corrected chi connectivity index (χ1v) is 7.62. The van der Waals surface area contributed by atoms with Crippen molar-refractivity contribution in [3.63, 3.8) is 0 Å². The van der Waals surface area contributed by atoms with Crippen molar-refractivity contribution in [2.24, 2.45) is 0 Å². The SMILES string of the molecule is CCC(CO)NS(=O)(=O)c1cc(C)c(OC)cc1C. The van der Waals surface area contributed by atoms with Gasteiger partial charge in [0.15, 0.2) is 0 Å². The minimum atomic E-state index is -3.63. The summed E-state index contributed by atoms with van der Waals surface area (Å²) in [6, 6.07) is 2.82. The normalized spacial score (nSPS) is 13.3. The number of ether oxygens (including phenoxy) is 1. The Morgan fingerprint density at radius 1 is 1.32 bits per heavy atom. The molecule has 0 spiro atoms. The third-order valence-electron chi connectivity index (χ3n) is 3.02. The highest BCUT2D eigenvalue weighted by atomic mass is 32.2. The fourth-order valence-corrected chi connectivity index (χ4v) is 3.43. The second-order valence-corrected chi connectivity index (χ2v) is 6.18. The van der Waals surface area contributed by atoms with Gasteiger partial charge in [-0.25, -0.2) is 13.1 Å². The Morgan fingerprint density at radius 2 is 1.95 bits per heavy atom. The van der Waals surface area contributed by atoms with E-state index in [9.17, 15) is 8.42 Å². The van der Waals surface area contributed by atoms with Gasteiger partial charge in [0, 0.05) is 6.04 Å². The number of hydrogen-bond acceptors (Lipinski definition) is 4. The maximum atomic E-state index is 12.3. The molecule has 0 aliphatic heterocycles. The molecule has 0 aromatic heterocycles. The maximum Gasteiger partial charge on any atom is 0.241 e. The molecule has 6 heteroatoms. The third kappa shape index (κ3) is 3.68. The number of benzene rings is 1. The first-order valence-electron chi connectivity index (χ1n) is 6.14. The zero-order valence-electron chi connectivity index (χ0n) is 11.7. The zero-order chi connectivity index (χ0) is 14.6. The van der Waals surface area contributed by atoms with Gasteiger partial charge in [0.25, 0.3) is 0 Å². The van der Waals surface area contributed by atoms with E-state index < -0.39 is 16.1 Å². The van der Waals surface area contributed by atoms with Gasteiger partial charge in [0.1, 0.15) is 5.75 Å². The van der Waals surface area contributed by atoms with Crippen molar-refractivity contribution in [3.8, 4) is 5.75 Å². The van der Waals surface area contributed by atoms with Gasteiger partial charge >= 0.3 is 0 Å². The Balaban J connectivity index is 3.18. The predicted octanol–water partition coefficient (Wildman–Crippen LogP) is 1.36. The summed E-state index contributed by atoms with van der Waals surface area (Å²) >= 11 is 0. The lowest BCUT2D eigenvalue weighted by Gasteiger charge is -2.17. The lowest BCUT2D eigenvalue weighted by atomic mass is 10.1. The molecule has 0 amide bonds. The standard InChI is InChI=1S/C13H21NO4S/c1-5-11(8-15)14-19(16,17)13-7-9(2)12(18-4)6-10(13)3/h6-7,11,14-15H,5,8H2,1-4H3. The van der Waals surface area contributed by atoms with Crippen LogP contribution in [0, 0.1) is 13.8 Å². The number of methoxy groups -OCH3 is 1. The van der Waals surface area contributed by atoms with Gasteiger partial charge in [-0.2, -0.15) is 0 Å². The van der Waals surface area contributed by atoms with Gasteiger partial charge < -0.3 is 9.84 Å². The van der Waals surface area contributed by atoms with Crippen LogP contribution in [0.5, 0.6) is 5.75 Å². The highest BCUT2D eigenvalue weighted by Gasteiger charge is 2.21. The van der Waals surface area contributed by atoms with Crippen LogP contribution in [0.1, 0.15) is 24.5 Å². The number of aryl methyl sites for hydroxylation is 2. The monoisotopic (exact) mass is 287 g/mol. The summed E-state index contributed by atoms with van der Waals surface area (Å²) in [5, 5.41) is 9.10. The number of sulfonamides is 1. The van der Waals surface area contributed by atoms with Gasteiger partial charge in [-0.05, 0) is 43.5 Å². The van der Waals surface area contributed by atoms with Gasteiger partial charge in [-0.15, -0.1) is 0 Å².